The smallest absolute Gasteiger partial charge is 0.197 e. The van der Waals surface area contributed by atoms with Gasteiger partial charge in [0.1, 0.15) is 0 Å². The summed E-state index contributed by atoms with van der Waals surface area (Å²) in [6.07, 6.45) is 2.94. The van der Waals surface area contributed by atoms with Crippen molar-refractivity contribution in [2.24, 2.45) is 7.05 Å². The van der Waals surface area contributed by atoms with Crippen molar-refractivity contribution in [1.29, 1.82) is 0 Å². The number of nitrogens with two attached hydrogens (primary N) is 1. The Labute approximate surface area is 116 Å². The highest BCUT2D eigenvalue weighted by molar-refractivity contribution is 7.11. The third-order valence-corrected chi connectivity index (χ3v) is 3.53. The molecule has 0 aliphatic rings. The van der Waals surface area contributed by atoms with Gasteiger partial charge in [-0.2, -0.15) is 9.47 Å². The summed E-state index contributed by atoms with van der Waals surface area (Å²) in [4.78, 5) is 0. The minimum atomic E-state index is 0.441. The predicted molar refractivity (Wildman–Crippen MR) is 77.6 cm³/mol. The molecule has 3 N–H and O–H groups in total. The van der Waals surface area contributed by atoms with Gasteiger partial charge < -0.3 is 15.8 Å². The molecule has 0 aliphatic carbocycles. The Balaban J connectivity index is 2.09. The van der Waals surface area contributed by atoms with Crippen molar-refractivity contribution in [3.63, 3.8) is 0 Å². The quantitative estimate of drug-likeness (QED) is 0.847. The van der Waals surface area contributed by atoms with E-state index in [1.165, 1.54) is 17.1 Å². The lowest BCUT2D eigenvalue weighted by molar-refractivity contribution is 0.344. The van der Waals surface area contributed by atoms with Crippen LogP contribution < -0.4 is 15.8 Å². The Morgan fingerprint density at radius 1 is 1.47 bits per heavy atom. The first-order chi connectivity index (χ1) is 9.15. The summed E-state index contributed by atoms with van der Waals surface area (Å²) in [7, 11) is 1.93. The van der Waals surface area contributed by atoms with Crippen molar-refractivity contribution >= 4 is 22.4 Å². The van der Waals surface area contributed by atoms with Crippen LogP contribution in [-0.2, 0) is 20.0 Å². The summed E-state index contributed by atoms with van der Waals surface area (Å²) in [5.74, 6) is 1.09. The second-order valence-corrected chi connectivity index (χ2v) is 4.91. The largest absolute Gasteiger partial charge is 0.487 e. The van der Waals surface area contributed by atoms with Crippen LogP contribution in [0.15, 0.2) is 6.20 Å². The van der Waals surface area contributed by atoms with Crippen LogP contribution in [0.1, 0.15) is 25.1 Å². The number of anilines is 2. The minimum absolute atomic E-state index is 0.441. The summed E-state index contributed by atoms with van der Waals surface area (Å²) in [6, 6.07) is 0. The van der Waals surface area contributed by atoms with Crippen LogP contribution in [-0.4, -0.2) is 20.8 Å². The van der Waals surface area contributed by atoms with E-state index in [1.807, 2.05) is 24.9 Å². The number of hydrogen-bond donors (Lipinski definition) is 2. The highest BCUT2D eigenvalue weighted by Crippen LogP contribution is 2.35. The first kappa shape index (κ1) is 13.7. The van der Waals surface area contributed by atoms with Crippen LogP contribution in [0.25, 0.3) is 0 Å². The second kappa shape index (κ2) is 5.92. The Morgan fingerprint density at radius 3 is 2.95 bits per heavy atom. The van der Waals surface area contributed by atoms with Gasteiger partial charge in [-0.3, -0.25) is 4.68 Å². The number of rotatable bonds is 6. The van der Waals surface area contributed by atoms with Gasteiger partial charge in [-0.15, -0.1) is 0 Å². The first-order valence-electron chi connectivity index (χ1n) is 6.28. The van der Waals surface area contributed by atoms with Crippen molar-refractivity contribution in [3.8, 4) is 5.75 Å². The summed E-state index contributed by atoms with van der Waals surface area (Å²) >= 11 is 1.32. The van der Waals surface area contributed by atoms with E-state index in [-0.39, 0.29) is 0 Å². The molecule has 0 atom stereocenters. The Hall–Kier alpha value is -1.76. The Morgan fingerprint density at radius 2 is 2.26 bits per heavy atom. The molecule has 0 saturated heterocycles. The predicted octanol–water partition coefficient (Wildman–Crippen LogP) is 2.03. The van der Waals surface area contributed by atoms with Gasteiger partial charge in [-0.25, -0.2) is 0 Å². The molecule has 2 aromatic heterocycles. The van der Waals surface area contributed by atoms with Gasteiger partial charge in [0.2, 0.25) is 0 Å². The van der Waals surface area contributed by atoms with Gasteiger partial charge in [-0.1, -0.05) is 6.92 Å². The molecule has 0 fully saturated rings. The maximum atomic E-state index is 5.77. The first-order valence-corrected chi connectivity index (χ1v) is 7.06. The van der Waals surface area contributed by atoms with E-state index in [2.05, 4.69) is 21.7 Å². The molecule has 104 valence electrons. The van der Waals surface area contributed by atoms with E-state index in [1.54, 1.807) is 0 Å². The fourth-order valence-electron chi connectivity index (χ4n) is 1.89. The van der Waals surface area contributed by atoms with Crippen LogP contribution in [0.2, 0.25) is 0 Å². The van der Waals surface area contributed by atoms with Crippen molar-refractivity contribution < 1.29 is 4.74 Å². The van der Waals surface area contributed by atoms with Crippen molar-refractivity contribution in [3.05, 3.63) is 17.5 Å². The van der Waals surface area contributed by atoms with Gasteiger partial charge in [0.05, 0.1) is 12.3 Å². The van der Waals surface area contributed by atoms with Gasteiger partial charge in [-0.05, 0) is 24.9 Å². The molecule has 0 amide bonds. The zero-order valence-corrected chi connectivity index (χ0v) is 12.3. The van der Waals surface area contributed by atoms with Gasteiger partial charge in [0.25, 0.3) is 0 Å². The standard InChI is InChI=1S/C12H19N5OS/c1-4-9-8(7-17(3)15-9)6-14-12-10(18-5-2)11(13)16-19-12/h7,14H,4-6H2,1-3H3,(H2,13,16). The highest BCUT2D eigenvalue weighted by Gasteiger charge is 2.13. The van der Waals surface area contributed by atoms with E-state index >= 15 is 0 Å². The van der Waals surface area contributed by atoms with E-state index in [4.69, 9.17) is 10.5 Å². The summed E-state index contributed by atoms with van der Waals surface area (Å²) in [5, 5.41) is 8.60. The number of ether oxygens (including phenoxy) is 1. The lowest BCUT2D eigenvalue weighted by Crippen LogP contribution is -2.02. The number of nitrogens with zero attached hydrogens (tertiary/aromatic N) is 3. The topological polar surface area (TPSA) is 78.0 Å². The molecule has 0 radical (unpaired) electrons. The van der Waals surface area contributed by atoms with E-state index in [0.29, 0.717) is 24.7 Å². The van der Waals surface area contributed by atoms with Gasteiger partial charge in [0.15, 0.2) is 16.6 Å². The molecule has 0 spiro atoms. The van der Waals surface area contributed by atoms with E-state index in [9.17, 15) is 0 Å². The highest BCUT2D eigenvalue weighted by atomic mass is 32.1. The van der Waals surface area contributed by atoms with Crippen molar-refractivity contribution in [1.82, 2.24) is 14.2 Å². The maximum absolute atomic E-state index is 5.77. The lowest BCUT2D eigenvalue weighted by Gasteiger charge is -2.07. The average Bonchev–Trinajstić information content (AvgIpc) is 2.92. The van der Waals surface area contributed by atoms with Crippen molar-refractivity contribution in [2.45, 2.75) is 26.8 Å². The molecule has 0 aromatic carbocycles. The van der Waals surface area contributed by atoms with Crippen LogP contribution in [0, 0.1) is 0 Å². The molecule has 2 rings (SSSR count). The Kier molecular flexibility index (Phi) is 4.26. The van der Waals surface area contributed by atoms with Gasteiger partial charge in [0, 0.05) is 25.4 Å². The van der Waals surface area contributed by atoms with Crippen molar-refractivity contribution in [2.75, 3.05) is 17.7 Å². The summed E-state index contributed by atoms with van der Waals surface area (Å²) in [5.41, 5.74) is 8.06. The van der Waals surface area contributed by atoms with Crippen LogP contribution >= 0.6 is 11.5 Å². The maximum Gasteiger partial charge on any atom is 0.197 e. The molecule has 7 heteroatoms. The zero-order chi connectivity index (χ0) is 13.8. The zero-order valence-electron chi connectivity index (χ0n) is 11.4. The molecule has 6 nitrogen and oxygen atoms in total. The lowest BCUT2D eigenvalue weighted by atomic mass is 10.2. The fourth-order valence-corrected chi connectivity index (χ4v) is 2.55. The normalized spacial score (nSPS) is 10.7. The van der Waals surface area contributed by atoms with E-state index in [0.717, 1.165) is 17.1 Å². The molecule has 0 aliphatic heterocycles. The van der Waals surface area contributed by atoms with Crippen LogP contribution in [0.3, 0.4) is 0 Å². The number of aryl methyl sites for hydroxylation is 2. The number of nitrogen functional groups attached to an aromatic ring is 1. The van der Waals surface area contributed by atoms with Gasteiger partial charge >= 0.3 is 0 Å². The molecule has 0 saturated carbocycles. The summed E-state index contributed by atoms with van der Waals surface area (Å²) < 4.78 is 11.4. The van der Waals surface area contributed by atoms with Crippen LogP contribution in [0.5, 0.6) is 5.75 Å². The number of nitrogens with one attached hydrogen (secondary N) is 1. The molecular formula is C12H19N5OS. The third-order valence-electron chi connectivity index (χ3n) is 2.73. The molecular weight excluding hydrogens is 262 g/mol. The molecule has 2 aromatic rings. The summed E-state index contributed by atoms with van der Waals surface area (Å²) in [6.45, 7) is 5.29. The molecule has 2 heterocycles. The van der Waals surface area contributed by atoms with E-state index < -0.39 is 0 Å². The SMILES string of the molecule is CCOc1c(N)nsc1NCc1cn(C)nc1CC. The molecule has 19 heavy (non-hydrogen) atoms. The van der Waals surface area contributed by atoms with Crippen LogP contribution in [0.4, 0.5) is 10.8 Å². The second-order valence-electron chi connectivity index (χ2n) is 4.14. The Bertz CT molecular complexity index is 548. The third kappa shape index (κ3) is 2.98. The molecule has 0 bridgehead atoms. The number of aromatic nitrogens is 3. The monoisotopic (exact) mass is 281 g/mol. The molecule has 0 unspecified atom stereocenters. The average molecular weight is 281 g/mol. The minimum Gasteiger partial charge on any atom is -0.487 e. The fraction of sp³-hybridized carbons (Fsp3) is 0.500. The number of hydrogen-bond acceptors (Lipinski definition) is 6.